The zero-order valence-corrected chi connectivity index (χ0v) is 19.0. The highest BCUT2D eigenvalue weighted by Crippen LogP contribution is 2.52. The van der Waals surface area contributed by atoms with E-state index >= 15 is 0 Å². The molecule has 0 aliphatic carbocycles. The second-order valence-corrected chi connectivity index (χ2v) is 11.3. The monoisotopic (exact) mass is 394 g/mol. The van der Waals surface area contributed by atoms with Crippen LogP contribution in [-0.2, 0) is 9.59 Å². The fourth-order valence-electron chi connectivity index (χ4n) is 6.71. The van der Waals surface area contributed by atoms with Crippen molar-refractivity contribution in [2.45, 2.75) is 128 Å². The molecule has 2 heterocycles. The molecular weight excluding hydrogens is 356 g/mol. The third-order valence-electron chi connectivity index (χ3n) is 7.03. The van der Waals surface area contributed by atoms with Gasteiger partial charge in [0.25, 0.3) is 0 Å². The van der Waals surface area contributed by atoms with Crippen LogP contribution in [0, 0.1) is 0 Å². The average Bonchev–Trinajstić information content (AvgIpc) is 2.41. The number of carbonyl (C=O) groups is 2. The molecule has 2 fully saturated rings. The lowest BCUT2D eigenvalue weighted by Crippen LogP contribution is -2.84. The van der Waals surface area contributed by atoms with Crippen LogP contribution in [0.1, 0.15) is 100 Å². The van der Waals surface area contributed by atoms with Crippen LogP contribution < -0.4 is 10.2 Å². The summed E-state index contributed by atoms with van der Waals surface area (Å²) in [5.41, 5.74) is -3.79. The first-order chi connectivity index (χ1) is 12.5. The Bertz CT molecular complexity index is 566. The molecule has 162 valence electrons. The maximum absolute atomic E-state index is 13.0. The van der Waals surface area contributed by atoms with Gasteiger partial charge in [0.1, 0.15) is 5.66 Å². The van der Waals surface area contributed by atoms with Crippen molar-refractivity contribution in [2.75, 3.05) is 0 Å². The lowest BCUT2D eigenvalue weighted by Gasteiger charge is -2.70. The first kappa shape index (κ1) is 23.1. The molecule has 6 heteroatoms. The number of hydrogen-bond donors (Lipinski definition) is 0. The highest BCUT2D eigenvalue weighted by atomic mass is 16.4. The van der Waals surface area contributed by atoms with Gasteiger partial charge < -0.3 is 19.8 Å². The zero-order chi connectivity index (χ0) is 21.8. The number of nitrogens with zero attached hydrogens (tertiary/aromatic N) is 2. The van der Waals surface area contributed by atoms with Gasteiger partial charge in [-0.15, -0.1) is 0 Å². The van der Waals surface area contributed by atoms with Crippen molar-refractivity contribution in [2.24, 2.45) is 0 Å². The predicted molar refractivity (Wildman–Crippen MR) is 105 cm³/mol. The standard InChI is InChI=1S/C22H40N2O4/c1-18(2)11-9-12-19(3,4)23(18)22(17(27)28,15-16(25)26)24-20(5,6)13-10-14-21(24,7)8/h9-15H2,1-8H3,(H,25,26)(H,27,28)/p-2. The number of likely N-dealkylation sites (tertiary alicyclic amines) is 2. The van der Waals surface area contributed by atoms with Crippen molar-refractivity contribution in [3.8, 4) is 0 Å². The summed E-state index contributed by atoms with van der Waals surface area (Å²) < 4.78 is 0. The van der Waals surface area contributed by atoms with Gasteiger partial charge in [0.05, 0.1) is 5.97 Å². The topological polar surface area (TPSA) is 86.7 Å². The molecule has 0 radical (unpaired) electrons. The minimum absolute atomic E-state index is 0.499. The van der Waals surface area contributed by atoms with E-state index in [2.05, 4.69) is 0 Å². The second-order valence-electron chi connectivity index (χ2n) is 11.3. The molecule has 0 aromatic heterocycles. The highest BCUT2D eigenvalue weighted by molar-refractivity contribution is 5.83. The molecule has 2 rings (SSSR count). The molecule has 2 saturated heterocycles. The number of carbonyl (C=O) groups excluding carboxylic acids is 2. The van der Waals surface area contributed by atoms with Gasteiger partial charge in [-0.1, -0.05) is 0 Å². The Labute approximate surface area is 170 Å². The molecular formula is C22H38N2O4-2. The summed E-state index contributed by atoms with van der Waals surface area (Å²) in [5.74, 6) is -2.71. The highest BCUT2D eigenvalue weighted by Gasteiger charge is 2.62. The Hall–Kier alpha value is -1.14. The van der Waals surface area contributed by atoms with Crippen LogP contribution in [0.4, 0.5) is 0 Å². The van der Waals surface area contributed by atoms with E-state index in [-0.39, 0.29) is 0 Å². The third-order valence-corrected chi connectivity index (χ3v) is 7.03. The third kappa shape index (κ3) is 3.70. The summed E-state index contributed by atoms with van der Waals surface area (Å²) in [6.07, 6.45) is 4.52. The van der Waals surface area contributed by atoms with Gasteiger partial charge in [0, 0.05) is 34.5 Å². The molecule has 0 aromatic carbocycles. The smallest absolute Gasteiger partial charge is 0.122 e. The Balaban J connectivity index is 2.87. The first-order valence-electron chi connectivity index (χ1n) is 10.5. The average molecular weight is 395 g/mol. The van der Waals surface area contributed by atoms with Crippen molar-refractivity contribution in [3.05, 3.63) is 0 Å². The van der Waals surface area contributed by atoms with Crippen LogP contribution in [-0.4, -0.2) is 49.6 Å². The summed E-state index contributed by atoms with van der Waals surface area (Å²) in [7, 11) is 0. The normalized spacial score (nSPS) is 27.3. The van der Waals surface area contributed by atoms with Crippen molar-refractivity contribution in [3.63, 3.8) is 0 Å². The van der Waals surface area contributed by atoms with Gasteiger partial charge >= 0.3 is 0 Å². The van der Waals surface area contributed by atoms with E-state index in [9.17, 15) is 19.8 Å². The van der Waals surface area contributed by atoms with E-state index in [4.69, 9.17) is 0 Å². The summed E-state index contributed by atoms with van der Waals surface area (Å²) in [4.78, 5) is 28.9. The Morgan fingerprint density at radius 1 is 0.714 bits per heavy atom. The van der Waals surface area contributed by atoms with Crippen molar-refractivity contribution in [1.82, 2.24) is 9.80 Å². The molecule has 0 bridgehead atoms. The van der Waals surface area contributed by atoms with Gasteiger partial charge in [0.2, 0.25) is 0 Å². The van der Waals surface area contributed by atoms with Gasteiger partial charge in [-0.2, -0.15) is 0 Å². The molecule has 0 atom stereocenters. The minimum atomic E-state index is -1.79. The molecule has 0 spiro atoms. The summed E-state index contributed by atoms with van der Waals surface area (Å²) in [6.45, 7) is 16.1. The molecule has 0 unspecified atom stereocenters. The molecule has 0 saturated carbocycles. The minimum Gasteiger partial charge on any atom is -0.550 e. The van der Waals surface area contributed by atoms with Gasteiger partial charge in [-0.3, -0.25) is 9.80 Å². The first-order valence-corrected chi connectivity index (χ1v) is 10.5. The number of hydrogen-bond acceptors (Lipinski definition) is 6. The molecule has 0 amide bonds. The maximum atomic E-state index is 13.0. The maximum Gasteiger partial charge on any atom is 0.122 e. The van der Waals surface area contributed by atoms with Crippen LogP contribution in [0.25, 0.3) is 0 Å². The number of piperidine rings is 2. The summed E-state index contributed by atoms with van der Waals surface area (Å²) in [6, 6.07) is 0. The Morgan fingerprint density at radius 3 is 1.21 bits per heavy atom. The predicted octanol–water partition coefficient (Wildman–Crippen LogP) is 1.66. The van der Waals surface area contributed by atoms with E-state index in [1.807, 2.05) is 65.2 Å². The van der Waals surface area contributed by atoms with Gasteiger partial charge in [-0.05, 0) is 93.9 Å². The van der Waals surface area contributed by atoms with E-state index in [0.717, 1.165) is 38.5 Å². The van der Waals surface area contributed by atoms with E-state index < -0.39 is 46.2 Å². The lowest BCUT2D eigenvalue weighted by molar-refractivity contribution is -0.357. The van der Waals surface area contributed by atoms with Gasteiger partial charge in [-0.25, -0.2) is 0 Å². The molecule has 2 aliphatic rings. The van der Waals surface area contributed by atoms with Crippen LogP contribution in [0.15, 0.2) is 0 Å². The van der Waals surface area contributed by atoms with Crippen LogP contribution in [0.3, 0.4) is 0 Å². The van der Waals surface area contributed by atoms with E-state index in [1.165, 1.54) is 0 Å². The SMILES string of the molecule is CC1(C)CCCC(C)(C)N1C(CC(=O)[O-])(C(=O)[O-])N1C(C)(C)CCCC1(C)C. The number of carboxylic acid groups (broad SMARTS) is 2. The Kier molecular flexibility index (Phi) is 5.77. The zero-order valence-electron chi connectivity index (χ0n) is 19.0. The number of aliphatic carboxylic acids is 2. The quantitative estimate of drug-likeness (QED) is 0.705. The largest absolute Gasteiger partial charge is 0.550 e. The molecule has 2 aliphatic heterocycles. The summed E-state index contributed by atoms with van der Waals surface area (Å²) >= 11 is 0. The van der Waals surface area contributed by atoms with Gasteiger partial charge in [0.15, 0.2) is 0 Å². The van der Waals surface area contributed by atoms with Crippen LogP contribution in [0.5, 0.6) is 0 Å². The van der Waals surface area contributed by atoms with E-state index in [1.54, 1.807) is 0 Å². The molecule has 6 nitrogen and oxygen atoms in total. The van der Waals surface area contributed by atoms with Crippen molar-refractivity contribution in [1.29, 1.82) is 0 Å². The van der Waals surface area contributed by atoms with Crippen LogP contribution in [0.2, 0.25) is 0 Å². The van der Waals surface area contributed by atoms with Crippen LogP contribution >= 0.6 is 0 Å². The molecule has 0 N–H and O–H groups in total. The van der Waals surface area contributed by atoms with Crippen molar-refractivity contribution >= 4 is 11.9 Å². The fraction of sp³-hybridized carbons (Fsp3) is 0.909. The lowest BCUT2D eigenvalue weighted by atomic mass is 9.71. The summed E-state index contributed by atoms with van der Waals surface area (Å²) in [5, 5.41) is 25.0. The number of rotatable bonds is 5. The molecule has 28 heavy (non-hydrogen) atoms. The molecule has 0 aromatic rings. The van der Waals surface area contributed by atoms with E-state index in [0.29, 0.717) is 0 Å². The fourth-order valence-corrected chi connectivity index (χ4v) is 6.71. The number of carboxylic acids is 2. The Morgan fingerprint density at radius 2 is 1.00 bits per heavy atom. The van der Waals surface area contributed by atoms with Crippen molar-refractivity contribution < 1.29 is 19.8 Å². The second kappa shape index (κ2) is 6.98.